The molecule has 1 fully saturated rings. The van der Waals surface area contributed by atoms with E-state index in [0.717, 1.165) is 25.9 Å². The summed E-state index contributed by atoms with van der Waals surface area (Å²) in [4.78, 5) is 26.8. The Bertz CT molecular complexity index is 325. The van der Waals surface area contributed by atoms with Crippen LogP contribution in [0.15, 0.2) is 0 Å². The molecule has 116 valence electrons. The van der Waals surface area contributed by atoms with Crippen LogP contribution in [0.2, 0.25) is 0 Å². The zero-order chi connectivity index (χ0) is 15.1. The first-order chi connectivity index (χ1) is 9.49. The molecule has 1 saturated heterocycles. The number of likely N-dealkylation sites (tertiary alicyclic amines) is 1. The van der Waals surface area contributed by atoms with E-state index in [1.807, 2.05) is 11.8 Å². The molecular weight excluding hydrogens is 260 g/mol. The summed E-state index contributed by atoms with van der Waals surface area (Å²) < 4.78 is 0. The highest BCUT2D eigenvalue weighted by atomic mass is 16.4. The van der Waals surface area contributed by atoms with E-state index < -0.39 is 11.9 Å². The van der Waals surface area contributed by atoms with Gasteiger partial charge in [0.2, 0.25) is 5.91 Å². The smallest absolute Gasteiger partial charge is 0.307 e. The minimum atomic E-state index is -0.878. The molecule has 2 atom stereocenters. The lowest BCUT2D eigenvalue weighted by Crippen LogP contribution is -2.47. The van der Waals surface area contributed by atoms with Crippen molar-refractivity contribution in [2.45, 2.75) is 39.2 Å². The summed E-state index contributed by atoms with van der Waals surface area (Å²) in [5, 5.41) is 18.4. The third-order valence-electron chi connectivity index (χ3n) is 3.93. The van der Waals surface area contributed by atoms with Gasteiger partial charge in [0, 0.05) is 25.7 Å². The first-order valence-electron chi connectivity index (χ1n) is 7.35. The predicted octanol–water partition coefficient (Wildman–Crippen LogP) is 0.402. The molecule has 0 bridgehead atoms. The van der Waals surface area contributed by atoms with Crippen LogP contribution in [-0.4, -0.2) is 70.7 Å². The average Bonchev–Trinajstić information content (AvgIpc) is 2.93. The lowest BCUT2D eigenvalue weighted by molar-refractivity contribution is -0.143. The summed E-state index contributed by atoms with van der Waals surface area (Å²) >= 11 is 0. The Hall–Kier alpha value is -1.14. The van der Waals surface area contributed by atoms with Crippen molar-refractivity contribution in [2.24, 2.45) is 5.92 Å². The van der Waals surface area contributed by atoms with Crippen molar-refractivity contribution >= 4 is 11.9 Å². The number of nitrogens with zero attached hydrogens (tertiary/aromatic N) is 2. The Balaban J connectivity index is 2.65. The summed E-state index contributed by atoms with van der Waals surface area (Å²) in [6, 6.07) is -0.164. The van der Waals surface area contributed by atoms with Crippen molar-refractivity contribution < 1.29 is 19.8 Å². The van der Waals surface area contributed by atoms with Crippen LogP contribution < -0.4 is 0 Å². The average molecular weight is 286 g/mol. The number of rotatable bonds is 8. The monoisotopic (exact) mass is 286 g/mol. The highest BCUT2D eigenvalue weighted by molar-refractivity contribution is 5.78. The van der Waals surface area contributed by atoms with Gasteiger partial charge in [0.15, 0.2) is 0 Å². The van der Waals surface area contributed by atoms with Crippen LogP contribution in [0, 0.1) is 5.92 Å². The Kier molecular flexibility index (Phi) is 6.95. The SMILES string of the molecule is CCC(CO)N(CC(=O)N1CCCC1)CC(C)C(=O)O. The molecule has 0 radical (unpaired) electrons. The maximum Gasteiger partial charge on any atom is 0.307 e. The number of hydrogen-bond acceptors (Lipinski definition) is 4. The fourth-order valence-corrected chi connectivity index (χ4v) is 2.52. The lowest BCUT2D eigenvalue weighted by atomic mass is 10.1. The summed E-state index contributed by atoms with van der Waals surface area (Å²) in [5.74, 6) is -1.40. The van der Waals surface area contributed by atoms with Crippen molar-refractivity contribution in [1.82, 2.24) is 9.80 Å². The van der Waals surface area contributed by atoms with Crippen molar-refractivity contribution in [3.8, 4) is 0 Å². The largest absolute Gasteiger partial charge is 0.481 e. The van der Waals surface area contributed by atoms with Crippen LogP contribution in [-0.2, 0) is 9.59 Å². The topological polar surface area (TPSA) is 81.1 Å². The second-order valence-corrected chi connectivity index (χ2v) is 5.50. The minimum Gasteiger partial charge on any atom is -0.481 e. The Morgan fingerprint density at radius 3 is 2.35 bits per heavy atom. The van der Waals surface area contributed by atoms with Crippen molar-refractivity contribution in [1.29, 1.82) is 0 Å². The summed E-state index contributed by atoms with van der Waals surface area (Å²) in [5.41, 5.74) is 0. The molecule has 1 aliphatic heterocycles. The molecule has 0 spiro atoms. The number of hydrogen-bond donors (Lipinski definition) is 2. The number of amides is 1. The van der Waals surface area contributed by atoms with Crippen LogP contribution >= 0.6 is 0 Å². The number of carboxylic acid groups (broad SMARTS) is 1. The fourth-order valence-electron chi connectivity index (χ4n) is 2.52. The Morgan fingerprint density at radius 2 is 1.90 bits per heavy atom. The van der Waals surface area contributed by atoms with Crippen LogP contribution in [0.1, 0.15) is 33.1 Å². The van der Waals surface area contributed by atoms with E-state index in [-0.39, 0.29) is 31.6 Å². The number of aliphatic hydroxyl groups is 1. The zero-order valence-corrected chi connectivity index (χ0v) is 12.4. The van der Waals surface area contributed by atoms with Crippen LogP contribution in [0.5, 0.6) is 0 Å². The minimum absolute atomic E-state index is 0.0342. The summed E-state index contributed by atoms with van der Waals surface area (Å²) in [7, 11) is 0. The number of carbonyl (C=O) groups excluding carboxylic acids is 1. The fraction of sp³-hybridized carbons (Fsp3) is 0.857. The molecule has 2 unspecified atom stereocenters. The molecule has 1 amide bonds. The third-order valence-corrected chi connectivity index (χ3v) is 3.93. The van der Waals surface area contributed by atoms with Crippen molar-refractivity contribution in [3.05, 3.63) is 0 Å². The standard InChI is InChI=1S/C14H26N2O4/c1-3-12(10-17)16(8-11(2)14(19)20)9-13(18)15-6-4-5-7-15/h11-12,17H,3-10H2,1-2H3,(H,19,20). The summed E-state index contributed by atoms with van der Waals surface area (Å²) in [6.45, 7) is 5.55. The van der Waals surface area contributed by atoms with E-state index in [0.29, 0.717) is 6.42 Å². The molecule has 6 nitrogen and oxygen atoms in total. The van der Waals surface area contributed by atoms with Gasteiger partial charge in [-0.25, -0.2) is 0 Å². The summed E-state index contributed by atoms with van der Waals surface area (Å²) in [6.07, 6.45) is 2.76. The molecule has 1 rings (SSSR count). The molecule has 2 N–H and O–H groups in total. The van der Waals surface area contributed by atoms with Gasteiger partial charge in [0.05, 0.1) is 19.1 Å². The van der Waals surface area contributed by atoms with Gasteiger partial charge in [-0.05, 0) is 19.3 Å². The van der Waals surface area contributed by atoms with Gasteiger partial charge in [0.25, 0.3) is 0 Å². The number of aliphatic carboxylic acids is 1. The zero-order valence-electron chi connectivity index (χ0n) is 12.4. The van der Waals surface area contributed by atoms with E-state index in [2.05, 4.69) is 0 Å². The van der Waals surface area contributed by atoms with Gasteiger partial charge >= 0.3 is 5.97 Å². The van der Waals surface area contributed by atoms with E-state index >= 15 is 0 Å². The molecule has 0 saturated carbocycles. The van der Waals surface area contributed by atoms with Gasteiger partial charge in [-0.2, -0.15) is 0 Å². The maximum absolute atomic E-state index is 12.2. The normalized spacial score (nSPS) is 18.3. The third kappa shape index (κ3) is 4.76. The van der Waals surface area contributed by atoms with Gasteiger partial charge in [0.1, 0.15) is 0 Å². The molecule has 1 aliphatic rings. The van der Waals surface area contributed by atoms with E-state index in [1.165, 1.54) is 0 Å². The van der Waals surface area contributed by atoms with Crippen LogP contribution in [0.25, 0.3) is 0 Å². The molecule has 0 aromatic carbocycles. The number of carbonyl (C=O) groups is 2. The molecule has 0 aliphatic carbocycles. The maximum atomic E-state index is 12.2. The van der Waals surface area contributed by atoms with Gasteiger partial charge in [-0.1, -0.05) is 13.8 Å². The van der Waals surface area contributed by atoms with E-state index in [4.69, 9.17) is 5.11 Å². The Morgan fingerprint density at radius 1 is 1.30 bits per heavy atom. The first-order valence-corrected chi connectivity index (χ1v) is 7.35. The molecule has 0 aromatic heterocycles. The highest BCUT2D eigenvalue weighted by Gasteiger charge is 2.26. The lowest BCUT2D eigenvalue weighted by Gasteiger charge is -2.31. The Labute approximate surface area is 120 Å². The first kappa shape index (κ1) is 16.9. The van der Waals surface area contributed by atoms with E-state index in [9.17, 15) is 14.7 Å². The van der Waals surface area contributed by atoms with Crippen molar-refractivity contribution in [3.63, 3.8) is 0 Å². The second kappa shape index (κ2) is 8.21. The molecule has 20 heavy (non-hydrogen) atoms. The van der Waals surface area contributed by atoms with Crippen molar-refractivity contribution in [2.75, 3.05) is 32.8 Å². The highest BCUT2D eigenvalue weighted by Crippen LogP contribution is 2.12. The van der Waals surface area contributed by atoms with Crippen LogP contribution in [0.4, 0.5) is 0 Å². The van der Waals surface area contributed by atoms with E-state index in [1.54, 1.807) is 11.8 Å². The van der Waals surface area contributed by atoms with Gasteiger partial charge in [-0.3, -0.25) is 14.5 Å². The molecule has 1 heterocycles. The molecule has 6 heteroatoms. The predicted molar refractivity (Wildman–Crippen MR) is 75.4 cm³/mol. The number of carboxylic acids is 1. The van der Waals surface area contributed by atoms with Crippen LogP contribution in [0.3, 0.4) is 0 Å². The second-order valence-electron chi connectivity index (χ2n) is 5.50. The number of aliphatic hydroxyl groups excluding tert-OH is 1. The molecule has 0 aromatic rings. The molecular formula is C14H26N2O4. The van der Waals surface area contributed by atoms with Gasteiger partial charge < -0.3 is 15.1 Å². The quantitative estimate of drug-likeness (QED) is 0.675. The van der Waals surface area contributed by atoms with Gasteiger partial charge in [-0.15, -0.1) is 0 Å².